The number of carbonyl (C=O) groups is 1. The molecule has 0 bridgehead atoms. The van der Waals surface area contributed by atoms with Crippen LogP contribution in [0.3, 0.4) is 0 Å². The highest BCUT2D eigenvalue weighted by Gasteiger charge is 1.95. The summed E-state index contributed by atoms with van der Waals surface area (Å²) in [6.07, 6.45) is 1.01. The van der Waals surface area contributed by atoms with Crippen LogP contribution in [0, 0.1) is 0 Å². The van der Waals surface area contributed by atoms with Gasteiger partial charge >= 0.3 is 5.97 Å². The quantitative estimate of drug-likeness (QED) is 0.714. The molecule has 0 fully saturated rings. The van der Waals surface area contributed by atoms with Crippen molar-refractivity contribution in [1.82, 2.24) is 0 Å². The fourth-order valence-electron chi connectivity index (χ4n) is 1.04. The summed E-state index contributed by atoms with van der Waals surface area (Å²) >= 11 is 0. The first-order chi connectivity index (χ1) is 7.76. The van der Waals surface area contributed by atoms with Gasteiger partial charge in [-0.05, 0) is 17.5 Å². The molecular weight excluding hydrogens is 188 g/mol. The van der Waals surface area contributed by atoms with Crippen LogP contribution in [-0.4, -0.2) is 5.97 Å². The molecule has 0 atom stereocenters. The Morgan fingerprint density at radius 2 is 1.80 bits per heavy atom. The summed E-state index contributed by atoms with van der Waals surface area (Å²) in [6, 6.07) is 7.92. The Labute approximate surface area is 93.7 Å². The Morgan fingerprint density at radius 1 is 1.27 bits per heavy atom. The van der Waals surface area contributed by atoms with E-state index >= 15 is 0 Å². The average molecular weight is 209 g/mol. The first kappa shape index (κ1) is 11.8. The molecule has 2 heteroatoms. The summed E-state index contributed by atoms with van der Waals surface area (Å²) in [7, 11) is 0. The predicted molar refractivity (Wildman–Crippen MR) is 62.6 cm³/mol. The molecule has 15 heavy (non-hydrogen) atoms. The molecule has 0 saturated heterocycles. The first-order valence-corrected chi connectivity index (χ1v) is 5.29. The van der Waals surface area contributed by atoms with E-state index in [1.54, 1.807) is 0 Å². The molecule has 1 rings (SSSR count). The number of esters is 1. The number of aryl methyl sites for hydroxylation is 1. The van der Waals surface area contributed by atoms with Gasteiger partial charge in [-0.2, -0.15) is 0 Å². The molecule has 0 aliphatic carbocycles. The van der Waals surface area contributed by atoms with Crippen LogP contribution in [0.25, 0.3) is 0 Å². The average Bonchev–Trinajstić information content (AvgIpc) is 2.38. The second-order valence-corrected chi connectivity index (χ2v) is 2.83. The molecule has 0 unspecified atom stereocenters. The fourth-order valence-corrected chi connectivity index (χ4v) is 1.04. The summed E-state index contributed by atoms with van der Waals surface area (Å²) < 4.78 is 11.6. The minimum atomic E-state index is -0.482. The third-order valence-electron chi connectivity index (χ3n) is 1.83. The largest absolute Gasteiger partial charge is 0.461 e. The molecule has 0 aliphatic heterocycles. The normalized spacial score (nSPS) is 9.67. The zero-order valence-electron chi connectivity index (χ0n) is 10.7. The molecule has 1 aromatic rings. The lowest BCUT2D eigenvalue weighted by Crippen LogP contribution is -1.98. The highest BCUT2D eigenvalue weighted by atomic mass is 16.5. The summed E-state index contributed by atoms with van der Waals surface area (Å²) in [6.45, 7) is 6.05. The maximum absolute atomic E-state index is 10.7. The number of hydrogen-bond donors (Lipinski definition) is 0. The van der Waals surface area contributed by atoms with Crippen LogP contribution in [0.4, 0.5) is 0 Å². The van der Waals surface area contributed by atoms with Crippen LogP contribution in [0.15, 0.2) is 24.3 Å². The topological polar surface area (TPSA) is 26.3 Å². The molecule has 0 saturated carbocycles. The molecule has 0 aromatic heterocycles. The summed E-state index contributed by atoms with van der Waals surface area (Å²) in [5, 5.41) is 0. The van der Waals surface area contributed by atoms with E-state index in [1.165, 1.54) is 5.56 Å². The second kappa shape index (κ2) is 8.04. The summed E-state index contributed by atoms with van der Waals surface area (Å²) in [5.74, 6) is -0.482. The second-order valence-electron chi connectivity index (χ2n) is 2.83. The lowest BCUT2D eigenvalue weighted by atomic mass is 10.1. The van der Waals surface area contributed by atoms with E-state index in [0.717, 1.165) is 12.0 Å². The van der Waals surface area contributed by atoms with Gasteiger partial charge in [0.25, 0.3) is 0 Å². The Kier molecular flexibility index (Phi) is 6.30. The molecule has 0 radical (unpaired) electrons. The zero-order chi connectivity index (χ0) is 12.4. The van der Waals surface area contributed by atoms with Crippen molar-refractivity contribution in [3.63, 3.8) is 0 Å². The Morgan fingerprint density at radius 3 is 2.27 bits per heavy atom. The summed E-state index contributed by atoms with van der Waals surface area (Å²) in [4.78, 5) is 10.7. The Balaban J connectivity index is 0.00000106. The van der Waals surface area contributed by atoms with E-state index in [1.807, 2.05) is 38.1 Å². The minimum absolute atomic E-state index is 0.266. The highest BCUT2D eigenvalue weighted by Crippen LogP contribution is 2.06. The van der Waals surface area contributed by atoms with Crippen LogP contribution in [0.2, 0.25) is 0 Å². The molecule has 0 N–H and O–H groups in total. The van der Waals surface area contributed by atoms with Crippen molar-refractivity contribution in [1.29, 1.82) is 0 Å². The lowest BCUT2D eigenvalue weighted by Gasteiger charge is -2.02. The van der Waals surface area contributed by atoms with Gasteiger partial charge in [0, 0.05) is 8.27 Å². The van der Waals surface area contributed by atoms with E-state index in [-0.39, 0.29) is 13.5 Å². The molecule has 2 nitrogen and oxygen atoms in total. The molecule has 0 spiro atoms. The maximum Gasteiger partial charge on any atom is 0.302 e. The monoisotopic (exact) mass is 209 g/mol. The van der Waals surface area contributed by atoms with Gasteiger partial charge in [-0.25, -0.2) is 0 Å². The van der Waals surface area contributed by atoms with E-state index in [4.69, 9.17) is 6.11 Å². The van der Waals surface area contributed by atoms with Crippen molar-refractivity contribution in [2.45, 2.75) is 40.7 Å². The van der Waals surface area contributed by atoms with Crippen LogP contribution in [-0.2, 0) is 22.6 Å². The molecular formula is C13H20O2. The van der Waals surface area contributed by atoms with Crippen molar-refractivity contribution in [3.05, 3.63) is 35.4 Å². The van der Waals surface area contributed by atoms with Gasteiger partial charge < -0.3 is 4.74 Å². The van der Waals surface area contributed by atoms with Crippen molar-refractivity contribution in [2.75, 3.05) is 0 Å². The van der Waals surface area contributed by atoms with E-state index < -0.39 is 5.97 Å². The number of benzene rings is 1. The first-order valence-electron chi connectivity index (χ1n) is 5.99. The van der Waals surface area contributed by atoms with Crippen molar-refractivity contribution < 1.29 is 10.9 Å². The third-order valence-corrected chi connectivity index (χ3v) is 1.83. The number of carbonyl (C=O) groups excluding carboxylic acids is 1. The predicted octanol–water partition coefficient (Wildman–Crippen LogP) is 3.34. The third kappa shape index (κ3) is 5.89. The van der Waals surface area contributed by atoms with Gasteiger partial charge in [-0.15, -0.1) is 0 Å². The van der Waals surface area contributed by atoms with Gasteiger partial charge in [-0.3, -0.25) is 4.79 Å². The van der Waals surface area contributed by atoms with Gasteiger partial charge in [-0.1, -0.05) is 45.0 Å². The maximum atomic E-state index is 10.7. The lowest BCUT2D eigenvalue weighted by molar-refractivity contribution is -0.142. The van der Waals surface area contributed by atoms with E-state index in [2.05, 4.69) is 6.92 Å². The standard InChI is InChI=1S/C11H14O2.C2H6/c1-3-10-4-6-11(7-5-10)8-13-9(2)12;1-2/h4-7H,3,8H2,1-2H3;1-2H3/i2D;. The van der Waals surface area contributed by atoms with Gasteiger partial charge in [0.2, 0.25) is 0 Å². The molecule has 0 amide bonds. The van der Waals surface area contributed by atoms with Gasteiger partial charge in [0.05, 0.1) is 0 Å². The highest BCUT2D eigenvalue weighted by molar-refractivity contribution is 5.65. The fraction of sp³-hybridized carbons (Fsp3) is 0.462. The van der Waals surface area contributed by atoms with Crippen LogP contribution in [0.1, 0.15) is 40.2 Å². The van der Waals surface area contributed by atoms with Crippen LogP contribution >= 0.6 is 0 Å². The number of ether oxygens (including phenoxy) is 1. The zero-order valence-corrected chi connectivity index (χ0v) is 9.75. The van der Waals surface area contributed by atoms with Gasteiger partial charge in [0.1, 0.15) is 6.61 Å². The SMILES string of the molecule is CC.[2H]CC(=O)OCc1ccc(CC)cc1. The minimum Gasteiger partial charge on any atom is -0.461 e. The smallest absolute Gasteiger partial charge is 0.302 e. The molecule has 84 valence electrons. The van der Waals surface area contributed by atoms with E-state index in [0.29, 0.717) is 0 Å². The van der Waals surface area contributed by atoms with E-state index in [9.17, 15) is 4.79 Å². The molecule has 0 heterocycles. The number of hydrogen-bond acceptors (Lipinski definition) is 2. The Hall–Kier alpha value is -1.31. The number of rotatable bonds is 3. The Bertz CT molecular complexity index is 293. The van der Waals surface area contributed by atoms with Crippen LogP contribution in [0.5, 0.6) is 0 Å². The van der Waals surface area contributed by atoms with Crippen molar-refractivity contribution in [3.8, 4) is 0 Å². The van der Waals surface area contributed by atoms with Gasteiger partial charge in [0.15, 0.2) is 0 Å². The van der Waals surface area contributed by atoms with Crippen molar-refractivity contribution in [2.24, 2.45) is 0 Å². The molecule has 0 aliphatic rings. The summed E-state index contributed by atoms with van der Waals surface area (Å²) in [5.41, 5.74) is 2.23. The molecule has 1 aromatic carbocycles. The van der Waals surface area contributed by atoms with Crippen molar-refractivity contribution >= 4 is 5.97 Å². The van der Waals surface area contributed by atoms with Crippen LogP contribution < -0.4 is 0 Å².